The zero-order valence-corrected chi connectivity index (χ0v) is 24.2. The van der Waals surface area contributed by atoms with E-state index in [4.69, 9.17) is 9.47 Å². The molecular formula is C30H38N4O8. The third-order valence-corrected chi connectivity index (χ3v) is 8.64. The van der Waals surface area contributed by atoms with E-state index in [1.165, 1.54) is 0 Å². The number of benzene rings is 1. The molecule has 42 heavy (non-hydrogen) atoms. The number of anilines is 2. The summed E-state index contributed by atoms with van der Waals surface area (Å²) in [4.78, 5) is 83.3. The third-order valence-electron chi connectivity index (χ3n) is 8.64. The standard InChI is InChI=1S/C30H38N4O8/c1-3-41-29(39)19-7-5-13-31(17-19)23-15-25(35)33(27(23)37)21-9-11-22(12-10-21)34-26(36)16-24(28(34)38)32-14-6-8-20(18-32)30(40)42-4-2/h9-12,19-20,23-24H,3-8,13-18H2,1-2H3/t19-,20+,23-,24-/m1/s1. The highest BCUT2D eigenvalue weighted by atomic mass is 16.5. The van der Waals surface area contributed by atoms with E-state index >= 15 is 0 Å². The predicted molar refractivity (Wildman–Crippen MR) is 150 cm³/mol. The summed E-state index contributed by atoms with van der Waals surface area (Å²) in [7, 11) is 0. The van der Waals surface area contributed by atoms with Crippen molar-refractivity contribution in [2.45, 2.75) is 64.5 Å². The molecule has 4 amide bonds. The van der Waals surface area contributed by atoms with E-state index in [1.807, 2.05) is 9.80 Å². The van der Waals surface area contributed by atoms with Gasteiger partial charge >= 0.3 is 11.9 Å². The molecule has 0 aliphatic carbocycles. The van der Waals surface area contributed by atoms with Crippen LogP contribution in [-0.4, -0.2) is 96.8 Å². The Bertz CT molecular complexity index is 1160. The molecule has 1 aromatic rings. The maximum atomic E-state index is 13.4. The van der Waals surface area contributed by atoms with Gasteiger partial charge in [0.1, 0.15) is 0 Å². The second-order valence-electron chi connectivity index (χ2n) is 11.3. The number of piperidine rings is 2. The molecule has 4 fully saturated rings. The van der Waals surface area contributed by atoms with Crippen LogP contribution in [0, 0.1) is 11.8 Å². The highest BCUT2D eigenvalue weighted by molar-refractivity contribution is 6.24. The van der Waals surface area contributed by atoms with Crippen LogP contribution in [0.5, 0.6) is 0 Å². The minimum absolute atomic E-state index is 0.0174. The van der Waals surface area contributed by atoms with Gasteiger partial charge in [0.2, 0.25) is 11.8 Å². The summed E-state index contributed by atoms with van der Waals surface area (Å²) >= 11 is 0. The van der Waals surface area contributed by atoms with Crippen LogP contribution in [-0.2, 0) is 38.2 Å². The molecule has 0 aromatic heterocycles. The molecule has 226 valence electrons. The molecule has 12 heteroatoms. The molecule has 12 nitrogen and oxygen atoms in total. The Hall–Kier alpha value is -3.64. The first-order chi connectivity index (χ1) is 20.2. The van der Waals surface area contributed by atoms with Crippen molar-refractivity contribution in [2.75, 3.05) is 49.2 Å². The average Bonchev–Trinajstić information content (AvgIpc) is 3.46. The number of imide groups is 2. The second-order valence-corrected chi connectivity index (χ2v) is 11.3. The number of ether oxygens (including phenoxy) is 2. The van der Waals surface area contributed by atoms with Crippen molar-refractivity contribution in [3.05, 3.63) is 24.3 Å². The average molecular weight is 583 g/mol. The van der Waals surface area contributed by atoms with Crippen molar-refractivity contribution >= 4 is 46.9 Å². The van der Waals surface area contributed by atoms with Gasteiger partial charge in [0.05, 0.1) is 61.3 Å². The van der Waals surface area contributed by atoms with Crippen LogP contribution in [0.3, 0.4) is 0 Å². The summed E-state index contributed by atoms with van der Waals surface area (Å²) in [5, 5.41) is 0. The monoisotopic (exact) mass is 582 g/mol. The second kappa shape index (κ2) is 12.7. The van der Waals surface area contributed by atoms with E-state index in [0.717, 1.165) is 22.6 Å². The summed E-state index contributed by atoms with van der Waals surface area (Å²) in [5.41, 5.74) is 0.721. The Morgan fingerprint density at radius 1 is 0.690 bits per heavy atom. The van der Waals surface area contributed by atoms with Crippen LogP contribution in [0.25, 0.3) is 0 Å². The lowest BCUT2D eigenvalue weighted by Gasteiger charge is -2.34. The van der Waals surface area contributed by atoms with Gasteiger partial charge in [0.25, 0.3) is 11.8 Å². The SMILES string of the molecule is CCOC(=O)[C@@H]1CCCN([C@@H]2CC(=O)N(c3ccc(N4C(=O)C[C@@H](N5CCC[C@H](C(=O)OCC)C5)C4=O)cc3)C2=O)C1. The van der Waals surface area contributed by atoms with Gasteiger partial charge in [0.15, 0.2) is 0 Å². The fraction of sp³-hybridized carbons (Fsp3) is 0.600. The highest BCUT2D eigenvalue weighted by Crippen LogP contribution is 2.33. The fourth-order valence-corrected chi connectivity index (χ4v) is 6.58. The number of amides is 4. The van der Waals surface area contributed by atoms with E-state index in [2.05, 4.69) is 0 Å². The highest BCUT2D eigenvalue weighted by Gasteiger charge is 2.46. The fourth-order valence-electron chi connectivity index (χ4n) is 6.58. The van der Waals surface area contributed by atoms with E-state index in [0.29, 0.717) is 63.6 Å². The zero-order valence-electron chi connectivity index (χ0n) is 24.2. The van der Waals surface area contributed by atoms with Gasteiger partial charge in [-0.05, 0) is 76.9 Å². The maximum Gasteiger partial charge on any atom is 0.310 e. The van der Waals surface area contributed by atoms with Crippen molar-refractivity contribution in [3.63, 3.8) is 0 Å². The van der Waals surface area contributed by atoms with Crippen LogP contribution < -0.4 is 9.80 Å². The zero-order chi connectivity index (χ0) is 30.0. The summed E-state index contributed by atoms with van der Waals surface area (Å²) < 4.78 is 10.3. The number of carbonyl (C=O) groups excluding carboxylic acids is 6. The Morgan fingerprint density at radius 2 is 1.07 bits per heavy atom. The van der Waals surface area contributed by atoms with Crippen LogP contribution in [0.2, 0.25) is 0 Å². The molecule has 0 spiro atoms. The molecule has 4 atom stereocenters. The molecule has 0 radical (unpaired) electrons. The van der Waals surface area contributed by atoms with Gasteiger partial charge in [0, 0.05) is 13.1 Å². The molecule has 5 rings (SSSR count). The summed E-state index contributed by atoms with van der Waals surface area (Å²) in [6.45, 7) is 6.07. The summed E-state index contributed by atoms with van der Waals surface area (Å²) in [6.07, 6.45) is 2.88. The number of likely N-dealkylation sites (tertiary alicyclic amines) is 2. The van der Waals surface area contributed by atoms with Crippen molar-refractivity contribution in [1.29, 1.82) is 0 Å². The van der Waals surface area contributed by atoms with Crippen molar-refractivity contribution < 1.29 is 38.2 Å². The lowest BCUT2D eigenvalue weighted by atomic mass is 9.96. The molecule has 4 aliphatic heterocycles. The first kappa shape index (κ1) is 29.8. The predicted octanol–water partition coefficient (Wildman–Crippen LogP) is 1.50. The van der Waals surface area contributed by atoms with E-state index < -0.39 is 12.1 Å². The molecule has 4 saturated heterocycles. The summed E-state index contributed by atoms with van der Waals surface area (Å²) in [5.74, 6) is -2.60. The van der Waals surface area contributed by atoms with E-state index in [1.54, 1.807) is 38.1 Å². The Labute approximate surface area is 244 Å². The van der Waals surface area contributed by atoms with E-state index in [-0.39, 0.29) is 60.2 Å². The minimum atomic E-state index is -0.653. The van der Waals surface area contributed by atoms with Gasteiger partial charge in [-0.1, -0.05) is 0 Å². The molecular weight excluding hydrogens is 544 g/mol. The van der Waals surface area contributed by atoms with Crippen LogP contribution in [0.15, 0.2) is 24.3 Å². The van der Waals surface area contributed by atoms with Crippen LogP contribution in [0.4, 0.5) is 11.4 Å². The molecule has 1 aromatic carbocycles. The van der Waals surface area contributed by atoms with Crippen LogP contribution >= 0.6 is 0 Å². The van der Waals surface area contributed by atoms with Gasteiger partial charge in [-0.3, -0.25) is 38.6 Å². The lowest BCUT2D eigenvalue weighted by molar-refractivity contribution is -0.151. The number of hydrogen-bond donors (Lipinski definition) is 0. The van der Waals surface area contributed by atoms with Gasteiger partial charge in [-0.2, -0.15) is 0 Å². The third kappa shape index (κ3) is 5.82. The first-order valence-electron chi connectivity index (χ1n) is 14.9. The number of esters is 2. The van der Waals surface area contributed by atoms with Gasteiger partial charge in [-0.15, -0.1) is 0 Å². The number of carbonyl (C=O) groups is 6. The maximum absolute atomic E-state index is 13.4. The molecule has 0 bridgehead atoms. The number of hydrogen-bond acceptors (Lipinski definition) is 10. The summed E-state index contributed by atoms with van der Waals surface area (Å²) in [6, 6.07) is 4.96. The Balaban J connectivity index is 1.25. The molecule has 0 saturated carbocycles. The lowest BCUT2D eigenvalue weighted by Crippen LogP contribution is -2.48. The van der Waals surface area contributed by atoms with Crippen molar-refractivity contribution in [2.24, 2.45) is 11.8 Å². The molecule has 4 aliphatic rings. The molecule has 4 heterocycles. The first-order valence-corrected chi connectivity index (χ1v) is 14.9. The molecule has 0 unspecified atom stereocenters. The number of nitrogens with zero attached hydrogens (tertiary/aromatic N) is 4. The smallest absolute Gasteiger partial charge is 0.310 e. The van der Waals surface area contributed by atoms with Gasteiger partial charge < -0.3 is 9.47 Å². The minimum Gasteiger partial charge on any atom is -0.466 e. The molecule has 0 N–H and O–H groups in total. The quantitative estimate of drug-likeness (QED) is 0.328. The van der Waals surface area contributed by atoms with E-state index in [9.17, 15) is 28.8 Å². The normalized spacial score (nSPS) is 27.6. The van der Waals surface area contributed by atoms with Crippen molar-refractivity contribution in [1.82, 2.24) is 9.80 Å². The van der Waals surface area contributed by atoms with Crippen molar-refractivity contribution in [3.8, 4) is 0 Å². The number of rotatable bonds is 8. The topological polar surface area (TPSA) is 134 Å². The van der Waals surface area contributed by atoms with Gasteiger partial charge in [-0.25, -0.2) is 9.80 Å². The Kier molecular flexibility index (Phi) is 9.02. The van der Waals surface area contributed by atoms with Crippen LogP contribution in [0.1, 0.15) is 52.4 Å². The largest absolute Gasteiger partial charge is 0.466 e. The Morgan fingerprint density at radius 3 is 1.43 bits per heavy atom.